The lowest BCUT2D eigenvalue weighted by atomic mass is 10.0. The Morgan fingerprint density at radius 2 is 1.89 bits per heavy atom. The minimum atomic E-state index is -3.95. The zero-order valence-corrected chi connectivity index (χ0v) is 12.4. The maximum absolute atomic E-state index is 12.1. The minimum Gasteiger partial charge on any atom is -0.480 e. The lowest BCUT2D eigenvalue weighted by molar-refractivity contribution is -0.138. The normalized spacial score (nSPS) is 13.5. The molecule has 0 fully saturated rings. The van der Waals surface area contributed by atoms with Gasteiger partial charge in [-0.05, 0) is 30.5 Å². The second kappa shape index (κ2) is 5.90. The van der Waals surface area contributed by atoms with Gasteiger partial charge >= 0.3 is 5.97 Å². The van der Waals surface area contributed by atoms with Crippen LogP contribution < -0.4 is 4.72 Å². The van der Waals surface area contributed by atoms with Crippen molar-refractivity contribution in [2.45, 2.75) is 37.6 Å². The maximum Gasteiger partial charge on any atom is 0.321 e. The van der Waals surface area contributed by atoms with Gasteiger partial charge in [0.15, 0.2) is 0 Å². The largest absolute Gasteiger partial charge is 0.480 e. The Kier molecular flexibility index (Phi) is 4.95. The smallest absolute Gasteiger partial charge is 0.321 e. The van der Waals surface area contributed by atoms with Crippen LogP contribution >= 0.6 is 11.6 Å². The van der Waals surface area contributed by atoms with Gasteiger partial charge in [-0.1, -0.05) is 31.5 Å². The van der Waals surface area contributed by atoms with Crippen LogP contribution in [0.2, 0.25) is 5.02 Å². The molecule has 1 aromatic rings. The molecule has 0 spiro atoms. The predicted molar refractivity (Wildman–Crippen MR) is 73.0 cm³/mol. The van der Waals surface area contributed by atoms with Crippen LogP contribution in [0.25, 0.3) is 0 Å². The Labute approximate surface area is 117 Å². The summed E-state index contributed by atoms with van der Waals surface area (Å²) in [6, 6.07) is 3.48. The molecule has 1 atom stereocenters. The van der Waals surface area contributed by atoms with Crippen LogP contribution in [0.4, 0.5) is 0 Å². The third kappa shape index (κ3) is 3.92. The van der Waals surface area contributed by atoms with Crippen molar-refractivity contribution in [2.75, 3.05) is 0 Å². The lowest BCUT2D eigenvalue weighted by Crippen LogP contribution is -2.38. The Morgan fingerprint density at radius 1 is 1.32 bits per heavy atom. The molecule has 0 aromatic heterocycles. The van der Waals surface area contributed by atoms with Crippen molar-refractivity contribution in [3.05, 3.63) is 28.8 Å². The van der Waals surface area contributed by atoms with Gasteiger partial charge in [-0.25, -0.2) is 8.42 Å². The summed E-state index contributed by atoms with van der Waals surface area (Å²) >= 11 is 5.88. The van der Waals surface area contributed by atoms with E-state index in [0.29, 0.717) is 0 Å². The van der Waals surface area contributed by atoms with Crippen LogP contribution in [-0.2, 0) is 14.8 Å². The fourth-order valence-electron chi connectivity index (χ4n) is 1.43. The molecule has 1 aromatic carbocycles. The molecular formula is C12H16ClNO4S. The monoisotopic (exact) mass is 305 g/mol. The molecule has 0 aliphatic heterocycles. The summed E-state index contributed by atoms with van der Waals surface area (Å²) in [6.45, 7) is 5.10. The van der Waals surface area contributed by atoms with E-state index in [-0.39, 0.29) is 15.8 Å². The van der Waals surface area contributed by atoms with Gasteiger partial charge in [-0.3, -0.25) is 4.79 Å². The van der Waals surface area contributed by atoms with Crippen LogP contribution in [0.15, 0.2) is 23.1 Å². The van der Waals surface area contributed by atoms with Crippen LogP contribution in [-0.4, -0.2) is 25.5 Å². The Hall–Kier alpha value is -1.11. The van der Waals surface area contributed by atoms with E-state index in [1.54, 1.807) is 6.07 Å². The highest BCUT2D eigenvalue weighted by Gasteiger charge is 2.24. The van der Waals surface area contributed by atoms with Crippen LogP contribution in [0.5, 0.6) is 0 Å². The molecule has 5 nitrogen and oxygen atoms in total. The first-order valence-corrected chi connectivity index (χ1v) is 7.56. The van der Waals surface area contributed by atoms with Crippen molar-refractivity contribution >= 4 is 27.6 Å². The minimum absolute atomic E-state index is 0.0643. The highest BCUT2D eigenvalue weighted by Crippen LogP contribution is 2.26. The van der Waals surface area contributed by atoms with Gasteiger partial charge in [0.05, 0.1) is 5.02 Å². The van der Waals surface area contributed by atoms with Crippen molar-refractivity contribution in [1.29, 1.82) is 0 Å². The SMILES string of the molecule is CC(C)c1ccc(Cl)c(S(=O)(=O)N[C@H](C)C(=O)O)c1. The molecule has 0 bridgehead atoms. The Morgan fingerprint density at radius 3 is 2.37 bits per heavy atom. The van der Waals surface area contributed by atoms with E-state index in [9.17, 15) is 13.2 Å². The molecule has 0 aliphatic rings. The van der Waals surface area contributed by atoms with Gasteiger partial charge in [0.25, 0.3) is 0 Å². The van der Waals surface area contributed by atoms with Gasteiger partial charge in [0, 0.05) is 0 Å². The zero-order chi connectivity index (χ0) is 14.8. The first-order chi connectivity index (χ1) is 8.65. The number of halogens is 1. The number of benzene rings is 1. The van der Waals surface area contributed by atoms with Crippen molar-refractivity contribution in [3.8, 4) is 0 Å². The van der Waals surface area contributed by atoms with Crippen LogP contribution in [0.1, 0.15) is 32.3 Å². The van der Waals surface area contributed by atoms with Gasteiger partial charge in [0.2, 0.25) is 10.0 Å². The number of carbonyl (C=O) groups is 1. The number of rotatable bonds is 5. The molecule has 0 unspecified atom stereocenters. The topological polar surface area (TPSA) is 83.5 Å². The standard InChI is InChI=1S/C12H16ClNO4S/c1-7(2)9-4-5-10(13)11(6-9)19(17,18)14-8(3)12(15)16/h4-8,14H,1-3H3,(H,15,16)/t8-/m1/s1. The summed E-state index contributed by atoms with van der Waals surface area (Å²) in [5, 5.41) is 8.81. The summed E-state index contributed by atoms with van der Waals surface area (Å²) < 4.78 is 26.2. The van der Waals surface area contributed by atoms with Gasteiger partial charge in [-0.2, -0.15) is 4.72 Å². The second-order valence-corrected chi connectivity index (χ2v) is 6.62. The van der Waals surface area contributed by atoms with Crippen molar-refractivity contribution < 1.29 is 18.3 Å². The molecule has 1 rings (SSSR count). The molecule has 0 amide bonds. The predicted octanol–water partition coefficient (Wildman–Crippen LogP) is 2.21. The van der Waals surface area contributed by atoms with Crippen LogP contribution in [0.3, 0.4) is 0 Å². The van der Waals surface area contributed by atoms with Crippen molar-refractivity contribution in [1.82, 2.24) is 4.72 Å². The maximum atomic E-state index is 12.1. The molecule has 2 N–H and O–H groups in total. The van der Waals surface area contributed by atoms with E-state index < -0.39 is 22.0 Å². The number of hydrogen-bond acceptors (Lipinski definition) is 3. The first-order valence-electron chi connectivity index (χ1n) is 5.69. The molecule has 0 saturated heterocycles. The third-order valence-corrected chi connectivity index (χ3v) is 4.64. The summed E-state index contributed by atoms with van der Waals surface area (Å²) in [4.78, 5) is 10.6. The molecule has 19 heavy (non-hydrogen) atoms. The fourth-order valence-corrected chi connectivity index (χ4v) is 3.16. The summed E-state index contributed by atoms with van der Waals surface area (Å²) in [6.07, 6.45) is 0. The summed E-state index contributed by atoms with van der Waals surface area (Å²) in [5.41, 5.74) is 0.813. The van der Waals surface area contributed by atoms with Crippen molar-refractivity contribution in [3.63, 3.8) is 0 Å². The van der Waals surface area contributed by atoms with Gasteiger partial charge in [0.1, 0.15) is 10.9 Å². The molecular weight excluding hydrogens is 290 g/mol. The van der Waals surface area contributed by atoms with E-state index in [0.717, 1.165) is 5.56 Å². The van der Waals surface area contributed by atoms with Gasteiger partial charge < -0.3 is 5.11 Å². The average Bonchev–Trinajstić information content (AvgIpc) is 2.28. The van der Waals surface area contributed by atoms with Crippen LogP contribution in [0, 0.1) is 0 Å². The number of sulfonamides is 1. The van der Waals surface area contributed by atoms with Gasteiger partial charge in [-0.15, -0.1) is 0 Å². The van der Waals surface area contributed by atoms with E-state index >= 15 is 0 Å². The third-order valence-electron chi connectivity index (χ3n) is 2.61. The molecule has 0 radical (unpaired) electrons. The molecule has 0 heterocycles. The Bertz CT molecular complexity index is 583. The van der Waals surface area contributed by atoms with E-state index in [1.165, 1.54) is 19.1 Å². The second-order valence-electron chi connectivity index (χ2n) is 4.53. The molecule has 0 aliphatic carbocycles. The number of carboxylic acid groups (broad SMARTS) is 1. The average molecular weight is 306 g/mol. The number of nitrogens with one attached hydrogen (secondary N) is 1. The van der Waals surface area contributed by atoms with E-state index in [1.807, 2.05) is 13.8 Å². The summed E-state index contributed by atoms with van der Waals surface area (Å²) in [5.74, 6) is -1.11. The van der Waals surface area contributed by atoms with E-state index in [4.69, 9.17) is 16.7 Å². The molecule has 7 heteroatoms. The molecule has 106 valence electrons. The highest BCUT2D eigenvalue weighted by molar-refractivity contribution is 7.89. The van der Waals surface area contributed by atoms with E-state index in [2.05, 4.69) is 4.72 Å². The zero-order valence-electron chi connectivity index (χ0n) is 10.8. The first kappa shape index (κ1) is 15.9. The summed E-state index contributed by atoms with van der Waals surface area (Å²) in [7, 11) is -3.95. The lowest BCUT2D eigenvalue weighted by Gasteiger charge is -2.13. The molecule has 0 saturated carbocycles. The number of aliphatic carboxylic acids is 1. The number of hydrogen-bond donors (Lipinski definition) is 2. The highest BCUT2D eigenvalue weighted by atomic mass is 35.5. The fraction of sp³-hybridized carbons (Fsp3) is 0.417. The van der Waals surface area contributed by atoms with Crippen molar-refractivity contribution in [2.24, 2.45) is 0 Å². The Balaban J connectivity index is 3.21. The number of carboxylic acids is 1. The quantitative estimate of drug-likeness (QED) is 0.873.